The van der Waals surface area contributed by atoms with E-state index in [1.54, 1.807) is 12.1 Å². The maximum absolute atomic E-state index is 12.2. The van der Waals surface area contributed by atoms with Crippen molar-refractivity contribution in [1.29, 1.82) is 0 Å². The van der Waals surface area contributed by atoms with E-state index in [0.29, 0.717) is 24.2 Å². The second-order valence-corrected chi connectivity index (χ2v) is 15.2. The van der Waals surface area contributed by atoms with Gasteiger partial charge < -0.3 is 15.5 Å². The number of para-hydroxylation sites is 1. The third kappa shape index (κ3) is 18.2. The molecule has 0 heterocycles. The van der Waals surface area contributed by atoms with Gasteiger partial charge >= 0.3 is 0 Å². The van der Waals surface area contributed by atoms with E-state index in [9.17, 15) is 9.59 Å². The first kappa shape index (κ1) is 48.5. The third-order valence-electron chi connectivity index (χ3n) is 9.62. The van der Waals surface area contributed by atoms with Crippen molar-refractivity contribution in [3.8, 4) is 0 Å². The summed E-state index contributed by atoms with van der Waals surface area (Å²) in [6, 6.07) is 47.3. The number of nitrogens with two attached hydrogens (primary N) is 1. The summed E-state index contributed by atoms with van der Waals surface area (Å²) in [6.45, 7) is 4.26. The predicted molar refractivity (Wildman–Crippen MR) is 261 cm³/mol. The molecule has 6 aromatic rings. The summed E-state index contributed by atoms with van der Waals surface area (Å²) < 4.78 is 0. The Morgan fingerprint density at radius 1 is 0.397 bits per heavy atom. The molecule has 0 aliphatic rings. The summed E-state index contributed by atoms with van der Waals surface area (Å²) in [5.74, 6) is 0.371. The number of benzene rings is 6. The van der Waals surface area contributed by atoms with E-state index < -0.39 is 0 Å². The Morgan fingerprint density at radius 2 is 0.683 bits per heavy atom. The van der Waals surface area contributed by atoms with Gasteiger partial charge in [-0.1, -0.05) is 57.7 Å². The number of rotatable bonds is 18. The summed E-state index contributed by atoms with van der Waals surface area (Å²) in [6.07, 6.45) is 7.52. The molecular weight excluding hydrogens is 783 g/mol. The van der Waals surface area contributed by atoms with Gasteiger partial charge in [0.25, 0.3) is 0 Å². The second kappa shape index (κ2) is 26.9. The van der Waals surface area contributed by atoms with Crippen LogP contribution in [0.1, 0.15) is 85.9 Å². The minimum absolute atomic E-state index is 0.181. The van der Waals surface area contributed by atoms with Crippen LogP contribution >= 0.6 is 0 Å². The lowest BCUT2D eigenvalue weighted by atomic mass is 10.0. The second-order valence-electron chi connectivity index (χ2n) is 15.2. The van der Waals surface area contributed by atoms with E-state index in [4.69, 9.17) is 5.73 Å². The Bertz CT molecular complexity index is 2320. The average Bonchev–Trinajstić information content (AvgIpc) is 3.31. The molecule has 0 spiro atoms. The number of nitrogens with zero attached hydrogens (tertiary/aromatic N) is 8. The van der Waals surface area contributed by atoms with Crippen LogP contribution in [0.15, 0.2) is 182 Å². The molecule has 2 N–H and O–H groups in total. The molecular formula is C52H61N9O2. The Hall–Kier alpha value is -7.14. The van der Waals surface area contributed by atoms with Crippen molar-refractivity contribution in [2.24, 2.45) is 30.7 Å². The molecule has 0 radical (unpaired) electrons. The van der Waals surface area contributed by atoms with Gasteiger partial charge in [-0.15, -0.1) is 0 Å². The minimum atomic E-state index is 0.181. The van der Waals surface area contributed by atoms with Crippen LogP contribution in [0.4, 0.5) is 51.2 Å². The van der Waals surface area contributed by atoms with Crippen LogP contribution in [0, 0.1) is 0 Å². The van der Waals surface area contributed by atoms with Gasteiger partial charge in [-0.05, 0) is 146 Å². The van der Waals surface area contributed by atoms with Crippen LogP contribution in [0.5, 0.6) is 0 Å². The normalized spacial score (nSPS) is 10.9. The highest BCUT2D eigenvalue weighted by molar-refractivity contribution is 5.96. The lowest BCUT2D eigenvalue weighted by molar-refractivity contribution is 0.0971. The average molecular weight is 844 g/mol. The van der Waals surface area contributed by atoms with Crippen LogP contribution in [-0.4, -0.2) is 39.8 Å². The van der Waals surface area contributed by atoms with Crippen molar-refractivity contribution in [3.05, 3.63) is 163 Å². The maximum Gasteiger partial charge on any atom is 0.162 e. The van der Waals surface area contributed by atoms with Gasteiger partial charge in [-0.2, -0.15) is 30.7 Å². The highest BCUT2D eigenvalue weighted by Gasteiger charge is 2.06. The fourth-order valence-corrected chi connectivity index (χ4v) is 5.80. The molecule has 0 saturated carbocycles. The molecule has 0 amide bonds. The zero-order chi connectivity index (χ0) is 45.2. The monoisotopic (exact) mass is 843 g/mol. The Balaban J connectivity index is 0.000000241. The molecule has 0 saturated heterocycles. The van der Waals surface area contributed by atoms with Crippen LogP contribution in [0.2, 0.25) is 0 Å². The SMILES string of the molecule is CCCCCC(=O)c1ccc(N=Nc2ccc(N)cc2)cc1.CCCCCC(=O)c1ccc(N=Nc2ccc(N=Nc3ccc(N(C)C)cc3)cc2)cc1.CN(C)c1ccccc1. The lowest BCUT2D eigenvalue weighted by Crippen LogP contribution is -2.07. The molecule has 0 unspecified atom stereocenters. The van der Waals surface area contributed by atoms with Gasteiger partial charge in [-0.25, -0.2) is 0 Å². The van der Waals surface area contributed by atoms with E-state index in [0.717, 1.165) is 83.8 Å². The van der Waals surface area contributed by atoms with Crippen molar-refractivity contribution in [2.75, 3.05) is 43.7 Å². The molecule has 0 aromatic heterocycles. The van der Waals surface area contributed by atoms with Gasteiger partial charge in [0, 0.05) is 69.2 Å². The molecule has 6 rings (SSSR count). The van der Waals surface area contributed by atoms with E-state index >= 15 is 0 Å². The van der Waals surface area contributed by atoms with Crippen LogP contribution in [-0.2, 0) is 0 Å². The number of carbonyl (C=O) groups excluding carboxylic acids is 2. The van der Waals surface area contributed by atoms with Crippen molar-refractivity contribution >= 4 is 62.8 Å². The molecule has 63 heavy (non-hydrogen) atoms. The fourth-order valence-electron chi connectivity index (χ4n) is 5.80. The summed E-state index contributed by atoms with van der Waals surface area (Å²) in [5, 5.41) is 25.3. The lowest BCUT2D eigenvalue weighted by Gasteiger charge is -2.11. The van der Waals surface area contributed by atoms with Gasteiger partial charge in [0.2, 0.25) is 0 Å². The third-order valence-corrected chi connectivity index (χ3v) is 9.62. The number of hydrogen-bond acceptors (Lipinski definition) is 11. The largest absolute Gasteiger partial charge is 0.399 e. The van der Waals surface area contributed by atoms with Crippen molar-refractivity contribution in [3.63, 3.8) is 0 Å². The van der Waals surface area contributed by atoms with Crippen LogP contribution in [0.25, 0.3) is 0 Å². The Labute approximate surface area is 373 Å². The molecule has 6 aromatic carbocycles. The minimum Gasteiger partial charge on any atom is -0.399 e. The molecule has 326 valence electrons. The topological polar surface area (TPSA) is 141 Å². The first-order chi connectivity index (χ1) is 30.5. The molecule has 11 heteroatoms. The number of ketones is 2. The summed E-state index contributed by atoms with van der Waals surface area (Å²) in [7, 11) is 8.08. The van der Waals surface area contributed by atoms with Crippen LogP contribution < -0.4 is 15.5 Å². The first-order valence-electron chi connectivity index (χ1n) is 21.5. The van der Waals surface area contributed by atoms with E-state index in [2.05, 4.69) is 61.6 Å². The molecule has 0 aliphatic heterocycles. The summed E-state index contributed by atoms with van der Waals surface area (Å²) in [4.78, 5) is 28.3. The number of azo groups is 3. The summed E-state index contributed by atoms with van der Waals surface area (Å²) >= 11 is 0. The Kier molecular flexibility index (Phi) is 20.8. The molecule has 0 fully saturated rings. The number of nitrogen functional groups attached to an aromatic ring is 1. The van der Waals surface area contributed by atoms with E-state index in [1.165, 1.54) is 5.69 Å². The van der Waals surface area contributed by atoms with Gasteiger partial charge in [0.05, 0.1) is 34.1 Å². The fraction of sp³-hybridized carbons (Fsp3) is 0.269. The number of hydrogen-bond donors (Lipinski definition) is 1. The Morgan fingerprint density at radius 3 is 0.984 bits per heavy atom. The number of unbranched alkanes of at least 4 members (excludes halogenated alkanes) is 4. The highest BCUT2D eigenvalue weighted by Crippen LogP contribution is 2.25. The summed E-state index contributed by atoms with van der Waals surface area (Å²) in [5.41, 5.74) is 14.6. The number of anilines is 3. The van der Waals surface area contributed by atoms with Crippen LogP contribution in [0.3, 0.4) is 0 Å². The highest BCUT2D eigenvalue weighted by atomic mass is 16.1. The molecule has 11 nitrogen and oxygen atoms in total. The maximum atomic E-state index is 12.2. The smallest absolute Gasteiger partial charge is 0.162 e. The van der Waals surface area contributed by atoms with E-state index in [-0.39, 0.29) is 11.6 Å². The first-order valence-corrected chi connectivity index (χ1v) is 21.5. The van der Waals surface area contributed by atoms with E-state index in [1.807, 2.05) is 160 Å². The molecule has 0 aliphatic carbocycles. The number of carbonyl (C=O) groups is 2. The zero-order valence-corrected chi connectivity index (χ0v) is 37.6. The van der Waals surface area contributed by atoms with Gasteiger partial charge in [0.15, 0.2) is 11.6 Å². The van der Waals surface area contributed by atoms with Crippen molar-refractivity contribution in [1.82, 2.24) is 0 Å². The predicted octanol–water partition coefficient (Wildman–Crippen LogP) is 15.5. The zero-order valence-electron chi connectivity index (χ0n) is 37.6. The molecule has 0 bridgehead atoms. The quantitative estimate of drug-likeness (QED) is 0.0397. The van der Waals surface area contributed by atoms with Crippen molar-refractivity contribution < 1.29 is 9.59 Å². The van der Waals surface area contributed by atoms with Crippen molar-refractivity contribution in [2.45, 2.75) is 65.2 Å². The van der Waals surface area contributed by atoms with Gasteiger partial charge in [0.1, 0.15) is 0 Å². The number of Topliss-reactive ketones (excluding diaryl/α,β-unsaturated/α-hetero) is 2. The standard InChI is InChI=1S/C26H29N5O.C18H21N3O.C8H11N/c1-4-5-6-7-26(32)20-8-10-21(11-9-20)27-28-22-12-14-23(15-13-22)29-30-24-16-18-25(19-17-24)31(2)3;1-2-3-4-5-18(22)14-6-10-16(11-7-14)20-21-17-12-8-15(19)9-13-17;1-9(2)8-6-4-3-5-7-8/h8-19H,4-7H2,1-3H3;6-13H,2-5,19H2,1H3;3-7H,1-2H3. The van der Waals surface area contributed by atoms with Gasteiger partial charge in [-0.3, -0.25) is 9.59 Å². The molecule has 0 atom stereocenters.